The second-order valence-electron chi connectivity index (χ2n) is 17.0. The third kappa shape index (κ3) is 8.86. The van der Waals surface area contributed by atoms with Crippen molar-refractivity contribution in [3.8, 4) is 72.4 Å². The fraction of sp³-hybridized carbons (Fsp3) is 0.0690. The van der Waals surface area contributed by atoms with E-state index in [2.05, 4.69) is 0 Å². The van der Waals surface area contributed by atoms with Gasteiger partial charge in [-0.2, -0.15) is 52.7 Å². The van der Waals surface area contributed by atoms with Gasteiger partial charge in [0.1, 0.15) is 5.82 Å². The van der Waals surface area contributed by atoms with Gasteiger partial charge in [0.15, 0.2) is 0 Å². The highest BCUT2D eigenvalue weighted by atomic mass is 19.4. The van der Waals surface area contributed by atoms with E-state index < -0.39 is 52.8 Å². The summed E-state index contributed by atoms with van der Waals surface area (Å²) in [4.78, 5) is 0. The molecule has 0 bridgehead atoms. The van der Waals surface area contributed by atoms with Crippen molar-refractivity contribution in [2.75, 3.05) is 0 Å². The summed E-state index contributed by atoms with van der Waals surface area (Å²) in [5.41, 5.74) is -3.45. The Morgan fingerprint density at radius 2 is 0.542 bits per heavy atom. The molecule has 14 heteroatoms. The number of benzene rings is 9. The highest BCUT2D eigenvalue weighted by molar-refractivity contribution is 6.12. The minimum absolute atomic E-state index is 0.0431. The lowest BCUT2D eigenvalue weighted by Gasteiger charge is -2.18. The van der Waals surface area contributed by atoms with Gasteiger partial charge in [-0.05, 0) is 164 Å². The van der Waals surface area contributed by atoms with E-state index in [0.717, 1.165) is 24.3 Å². The highest BCUT2D eigenvalue weighted by Gasteiger charge is 2.37. The molecule has 0 N–H and O–H groups in total. The molecule has 0 amide bonds. The Morgan fingerprint density at radius 1 is 0.264 bits per heavy atom. The monoisotopic (exact) mass is 989 g/mol. The van der Waals surface area contributed by atoms with Gasteiger partial charge >= 0.3 is 24.7 Å². The summed E-state index contributed by atoms with van der Waals surface area (Å²) in [5.74, 6) is -0.627. The predicted molar refractivity (Wildman–Crippen MR) is 253 cm³/mol. The smallest absolute Gasteiger partial charge is 0.306 e. The zero-order chi connectivity index (χ0) is 50.9. The van der Waals surface area contributed by atoms with Crippen LogP contribution >= 0.6 is 0 Å². The molecule has 0 aliphatic rings. The van der Waals surface area contributed by atoms with Crippen molar-refractivity contribution < 1.29 is 57.1 Å². The van der Waals surface area contributed by atoms with Crippen LogP contribution in [-0.4, -0.2) is 4.57 Å². The molecule has 360 valence electrons. The van der Waals surface area contributed by atoms with Gasteiger partial charge in [-0.3, -0.25) is 0 Å². The summed E-state index contributed by atoms with van der Waals surface area (Å²) in [5, 5.41) is 0.819. The van der Waals surface area contributed by atoms with Crippen LogP contribution in [0.2, 0.25) is 0 Å². The highest BCUT2D eigenvalue weighted by Crippen LogP contribution is 2.47. The van der Waals surface area contributed by atoms with Gasteiger partial charge in [0.2, 0.25) is 0 Å². The maximum atomic E-state index is 15.8. The van der Waals surface area contributed by atoms with Crippen molar-refractivity contribution in [3.63, 3.8) is 0 Å². The maximum Gasteiger partial charge on any atom is 0.417 e. The molecule has 0 saturated carbocycles. The fourth-order valence-electron chi connectivity index (χ4n) is 9.41. The Morgan fingerprint density at radius 3 is 0.847 bits per heavy atom. The van der Waals surface area contributed by atoms with Gasteiger partial charge in [-0.25, -0.2) is 4.39 Å². The molecule has 1 aromatic heterocycles. The number of fused-ring (bicyclic) bond motifs is 3. The molecule has 0 fully saturated rings. The molecule has 9 aromatic carbocycles. The quantitative estimate of drug-likeness (QED) is 0.140. The Hall–Kier alpha value is -8.13. The van der Waals surface area contributed by atoms with Crippen molar-refractivity contribution in [3.05, 3.63) is 222 Å². The van der Waals surface area contributed by atoms with E-state index >= 15 is 4.39 Å². The SMILES string of the molecule is Fc1ccccc1-n1c2ccc(-c3cc(-c4ccccc4C(F)(F)F)cc(-c4ccccc4C(F)(F)F)c3)cc2c2cc(-c3cc(-c4ccccc4C(F)(F)F)cc(-c4ccccc4C(F)(F)F)c3)ccc21. The molecule has 0 atom stereocenters. The summed E-state index contributed by atoms with van der Waals surface area (Å²) in [7, 11) is 0. The second-order valence-corrected chi connectivity index (χ2v) is 17.0. The van der Waals surface area contributed by atoms with Crippen LogP contribution < -0.4 is 0 Å². The number of aromatic nitrogens is 1. The number of hydrogen-bond acceptors (Lipinski definition) is 0. The van der Waals surface area contributed by atoms with Crippen LogP contribution in [0.5, 0.6) is 0 Å². The van der Waals surface area contributed by atoms with Crippen molar-refractivity contribution in [1.29, 1.82) is 0 Å². The van der Waals surface area contributed by atoms with Crippen molar-refractivity contribution in [2.45, 2.75) is 24.7 Å². The second kappa shape index (κ2) is 17.6. The van der Waals surface area contributed by atoms with E-state index in [-0.39, 0.29) is 61.3 Å². The van der Waals surface area contributed by atoms with Crippen molar-refractivity contribution in [1.82, 2.24) is 4.57 Å². The Kier molecular flexibility index (Phi) is 11.6. The summed E-state index contributed by atoms with van der Waals surface area (Å²) < 4.78 is 192. The Labute approximate surface area is 401 Å². The summed E-state index contributed by atoms with van der Waals surface area (Å²) in [6, 6.07) is 42.5. The minimum Gasteiger partial charge on any atom is -0.306 e. The topological polar surface area (TPSA) is 4.93 Å². The third-order valence-corrected chi connectivity index (χ3v) is 12.6. The summed E-state index contributed by atoms with van der Waals surface area (Å²) in [6.07, 6.45) is -19.4. The normalized spacial score (nSPS) is 12.5. The van der Waals surface area contributed by atoms with Crippen LogP contribution in [-0.2, 0) is 24.7 Å². The number of para-hydroxylation sites is 1. The molecule has 0 saturated heterocycles. The number of alkyl halides is 12. The molecule has 0 aliphatic carbocycles. The van der Waals surface area contributed by atoms with Crippen molar-refractivity contribution in [2.24, 2.45) is 0 Å². The van der Waals surface area contributed by atoms with Crippen LogP contribution in [0.15, 0.2) is 194 Å². The van der Waals surface area contributed by atoms with Gasteiger partial charge in [-0.1, -0.05) is 97.1 Å². The van der Waals surface area contributed by atoms with Crippen LogP contribution in [0.4, 0.5) is 57.1 Å². The van der Waals surface area contributed by atoms with E-state index in [1.165, 1.54) is 127 Å². The van der Waals surface area contributed by atoms with Crippen molar-refractivity contribution >= 4 is 21.8 Å². The average molecular weight is 990 g/mol. The number of rotatable bonds is 7. The number of hydrogen-bond donors (Lipinski definition) is 0. The summed E-state index contributed by atoms with van der Waals surface area (Å²) in [6.45, 7) is 0. The molecule has 0 radical (unpaired) electrons. The average Bonchev–Trinajstić information content (AvgIpc) is 3.68. The molecular weight excluding hydrogens is 958 g/mol. The van der Waals surface area contributed by atoms with Gasteiger partial charge in [0.05, 0.1) is 39.0 Å². The Bertz CT molecular complexity index is 3350. The largest absolute Gasteiger partial charge is 0.417 e. The molecule has 0 spiro atoms. The zero-order valence-electron chi connectivity index (χ0n) is 36.8. The van der Waals surface area contributed by atoms with Gasteiger partial charge < -0.3 is 4.57 Å². The molecule has 1 nitrogen and oxygen atoms in total. The minimum atomic E-state index is -4.84. The van der Waals surface area contributed by atoms with E-state index in [1.807, 2.05) is 0 Å². The van der Waals surface area contributed by atoms with E-state index in [1.54, 1.807) is 47.0 Å². The lowest BCUT2D eigenvalue weighted by molar-refractivity contribution is -0.137. The molecule has 0 aliphatic heterocycles. The van der Waals surface area contributed by atoms with E-state index in [0.29, 0.717) is 32.9 Å². The maximum absolute atomic E-state index is 15.8. The lowest BCUT2D eigenvalue weighted by atomic mass is 9.89. The third-order valence-electron chi connectivity index (χ3n) is 12.6. The fourth-order valence-corrected chi connectivity index (χ4v) is 9.41. The molecule has 72 heavy (non-hydrogen) atoms. The van der Waals surface area contributed by atoms with Crippen LogP contribution in [0.1, 0.15) is 22.3 Å². The first-order valence-electron chi connectivity index (χ1n) is 22.0. The molecular formula is C58H32F13N. The van der Waals surface area contributed by atoms with E-state index in [9.17, 15) is 52.7 Å². The first-order chi connectivity index (χ1) is 34.1. The lowest BCUT2D eigenvalue weighted by Crippen LogP contribution is -2.08. The van der Waals surface area contributed by atoms with Crippen LogP contribution in [0.25, 0.3) is 94.3 Å². The van der Waals surface area contributed by atoms with Gasteiger partial charge in [-0.15, -0.1) is 0 Å². The predicted octanol–water partition coefficient (Wildman–Crippen LogP) is 19.0. The molecule has 0 unspecified atom stereocenters. The number of nitrogens with zero attached hydrogens (tertiary/aromatic N) is 1. The molecule has 10 rings (SSSR count). The Balaban J connectivity index is 1.24. The van der Waals surface area contributed by atoms with Gasteiger partial charge in [0.25, 0.3) is 0 Å². The molecule has 10 aromatic rings. The zero-order valence-corrected chi connectivity index (χ0v) is 36.8. The first kappa shape index (κ1) is 47.5. The number of halogens is 13. The van der Waals surface area contributed by atoms with Crippen LogP contribution in [0, 0.1) is 5.82 Å². The van der Waals surface area contributed by atoms with Crippen LogP contribution in [0.3, 0.4) is 0 Å². The van der Waals surface area contributed by atoms with E-state index in [4.69, 9.17) is 0 Å². The molecule has 1 heterocycles. The van der Waals surface area contributed by atoms with Gasteiger partial charge in [0, 0.05) is 10.8 Å². The standard InChI is InChI=1S/C58H32F13N/c59-51-19-9-10-20-54(51)72-52-23-21-33(35-25-37(41-11-1-5-15-47(41)55(60,61)62)29-38(26-35)42-12-2-6-16-48(42)56(63,64)65)31-45(52)46-32-34(22-24-53(46)72)36-27-39(43-13-3-7-17-49(43)57(66,67)68)30-40(28-36)44-14-4-8-18-50(44)58(69,70)71/h1-32H. The summed E-state index contributed by atoms with van der Waals surface area (Å²) >= 11 is 0. The first-order valence-corrected chi connectivity index (χ1v) is 22.0.